The Balaban J connectivity index is 1.41. The molecule has 2 aliphatic heterocycles. The van der Waals surface area contributed by atoms with Crippen molar-refractivity contribution in [2.24, 2.45) is 11.1 Å². The van der Waals surface area contributed by atoms with Crippen LogP contribution < -0.4 is 21.5 Å². The van der Waals surface area contributed by atoms with Gasteiger partial charge in [-0.2, -0.15) is 4.39 Å². The van der Waals surface area contributed by atoms with E-state index in [2.05, 4.69) is 15.2 Å². The van der Waals surface area contributed by atoms with Crippen molar-refractivity contribution in [1.29, 1.82) is 0 Å². The molecule has 0 aliphatic carbocycles. The first-order valence-electron chi connectivity index (χ1n) is 14.7. The second-order valence-electron chi connectivity index (χ2n) is 12.8. The maximum Gasteiger partial charge on any atom is 0.263 e. The monoisotopic (exact) mass is 654 g/mol. The highest BCUT2D eigenvalue weighted by Crippen LogP contribution is 2.36. The fourth-order valence-electron chi connectivity index (χ4n) is 6.35. The number of hydrogen-bond donors (Lipinski definition) is 3. The zero-order valence-corrected chi connectivity index (χ0v) is 26.5. The molecule has 0 bridgehead atoms. The lowest BCUT2D eigenvalue weighted by molar-refractivity contribution is -0.116. The first-order valence-corrected chi connectivity index (χ1v) is 15.1. The van der Waals surface area contributed by atoms with Gasteiger partial charge in [0, 0.05) is 56.5 Å². The Morgan fingerprint density at radius 1 is 1.20 bits per heavy atom. The van der Waals surface area contributed by atoms with Crippen LogP contribution in [0.15, 0.2) is 29.2 Å². The molecule has 1 aromatic carbocycles. The molecule has 1 fully saturated rings. The van der Waals surface area contributed by atoms with Gasteiger partial charge in [0.1, 0.15) is 28.9 Å². The lowest BCUT2D eigenvalue weighted by Crippen LogP contribution is -2.50. The van der Waals surface area contributed by atoms with Crippen LogP contribution in [0, 0.1) is 17.2 Å². The van der Waals surface area contributed by atoms with Gasteiger partial charge in [0.15, 0.2) is 11.6 Å². The zero-order valence-electron chi connectivity index (χ0n) is 25.7. The third-order valence-electron chi connectivity index (χ3n) is 8.53. The largest absolute Gasteiger partial charge is 0.504 e. The highest BCUT2D eigenvalue weighted by atomic mass is 35.5. The number of phenols is 1. The molecule has 0 radical (unpaired) electrons. The fourth-order valence-corrected chi connectivity index (χ4v) is 6.50. The lowest BCUT2D eigenvalue weighted by Gasteiger charge is -2.39. The lowest BCUT2D eigenvalue weighted by atomic mass is 9.92. The topological polar surface area (TPSA) is 152 Å². The molecular weight excluding hydrogens is 622 g/mol. The van der Waals surface area contributed by atoms with Crippen LogP contribution >= 0.6 is 11.6 Å². The number of amides is 2. The number of rotatable bonds is 6. The van der Waals surface area contributed by atoms with E-state index in [-0.39, 0.29) is 50.9 Å². The van der Waals surface area contributed by atoms with E-state index in [1.165, 1.54) is 22.9 Å². The number of pyridine rings is 1. The van der Waals surface area contributed by atoms with Gasteiger partial charge in [-0.05, 0) is 37.1 Å². The summed E-state index contributed by atoms with van der Waals surface area (Å²) in [4.78, 5) is 52.2. The van der Waals surface area contributed by atoms with Crippen molar-refractivity contribution in [3.05, 3.63) is 62.9 Å². The standard InChI is InChI=1S/C31H33ClF2N8O4/c1-15-11-39(4)5-6-41(15)21-9-20(25(32)27(34)37-21)36-23(43)13-40-12-18(16-7-17(28(35)45)26(44)19(33)8-16)24-29(40)38-22-10-31(2,3)14-42(22)30(24)46/h7-9,12,15,44H,5-6,10-11,13-14H2,1-4H3,(H2,35,45)(H,36,37,43). The van der Waals surface area contributed by atoms with E-state index in [1.807, 2.05) is 32.7 Å². The quantitative estimate of drug-likeness (QED) is 0.268. The summed E-state index contributed by atoms with van der Waals surface area (Å²) in [6.07, 6.45) is 1.95. The number of nitrogens with zero attached hydrogens (tertiary/aromatic N) is 6. The minimum Gasteiger partial charge on any atom is -0.504 e. The number of carbonyl (C=O) groups is 2. The van der Waals surface area contributed by atoms with E-state index in [1.54, 1.807) is 4.57 Å². The molecule has 46 heavy (non-hydrogen) atoms. The number of benzene rings is 1. The minimum atomic E-state index is -1.11. The molecule has 0 spiro atoms. The molecule has 1 saturated heterocycles. The molecule has 6 rings (SSSR count). The van der Waals surface area contributed by atoms with Gasteiger partial charge in [0.05, 0.1) is 16.6 Å². The van der Waals surface area contributed by atoms with Gasteiger partial charge in [-0.1, -0.05) is 25.4 Å². The van der Waals surface area contributed by atoms with Crippen molar-refractivity contribution in [1.82, 2.24) is 24.0 Å². The molecule has 15 heteroatoms. The van der Waals surface area contributed by atoms with Crippen LogP contribution in [0.25, 0.3) is 22.2 Å². The van der Waals surface area contributed by atoms with E-state index in [0.717, 1.165) is 19.2 Å². The van der Waals surface area contributed by atoms with Crippen molar-refractivity contribution < 1.29 is 23.5 Å². The number of primary amides is 1. The van der Waals surface area contributed by atoms with Crippen molar-refractivity contribution in [2.75, 3.05) is 36.9 Å². The maximum atomic E-state index is 14.9. The molecule has 4 aromatic rings. The number of carbonyl (C=O) groups excluding carboxylic acids is 2. The summed E-state index contributed by atoms with van der Waals surface area (Å²) < 4.78 is 32.6. The summed E-state index contributed by atoms with van der Waals surface area (Å²) in [5, 5.41) is 12.5. The van der Waals surface area contributed by atoms with Gasteiger partial charge < -0.3 is 30.5 Å². The molecule has 5 heterocycles. The number of aromatic nitrogens is 4. The van der Waals surface area contributed by atoms with Gasteiger partial charge in [-0.3, -0.25) is 19.0 Å². The molecule has 2 amide bonds. The van der Waals surface area contributed by atoms with Gasteiger partial charge >= 0.3 is 0 Å². The molecule has 242 valence electrons. The molecule has 0 saturated carbocycles. The third-order valence-corrected chi connectivity index (χ3v) is 8.89. The number of halogens is 3. The number of anilines is 2. The summed E-state index contributed by atoms with van der Waals surface area (Å²) >= 11 is 6.23. The molecule has 4 N–H and O–H groups in total. The molecule has 3 aromatic heterocycles. The SMILES string of the molecule is CC1CN(C)CCN1c1cc(NC(=O)Cn2cc(-c3cc(F)c(O)c(C(N)=O)c3)c3c(=O)n4c(nc32)CC(C)(C)C4)c(Cl)c(F)n1. The van der Waals surface area contributed by atoms with Crippen LogP contribution in [0.1, 0.15) is 37.0 Å². The predicted octanol–water partition coefficient (Wildman–Crippen LogP) is 3.36. The van der Waals surface area contributed by atoms with E-state index < -0.39 is 40.5 Å². The maximum absolute atomic E-state index is 14.9. The average Bonchev–Trinajstić information content (AvgIpc) is 3.48. The molecule has 1 atom stereocenters. The Kier molecular flexibility index (Phi) is 7.75. The molecular formula is C31H33ClF2N8O4. The van der Waals surface area contributed by atoms with E-state index >= 15 is 0 Å². The van der Waals surface area contributed by atoms with Crippen LogP contribution in [0.2, 0.25) is 5.02 Å². The van der Waals surface area contributed by atoms with E-state index in [9.17, 15) is 28.3 Å². The van der Waals surface area contributed by atoms with Crippen molar-refractivity contribution >= 4 is 46.0 Å². The highest BCUT2D eigenvalue weighted by Gasteiger charge is 2.33. The van der Waals surface area contributed by atoms with E-state index in [0.29, 0.717) is 31.2 Å². The van der Waals surface area contributed by atoms with Crippen LogP contribution in [-0.4, -0.2) is 73.6 Å². The van der Waals surface area contributed by atoms with Gasteiger partial charge in [-0.15, -0.1) is 0 Å². The Labute approximate surface area is 267 Å². The Bertz CT molecular complexity index is 1990. The molecule has 1 unspecified atom stereocenters. The molecule has 2 aliphatic rings. The second kappa shape index (κ2) is 11.4. The number of likely N-dealkylation sites (N-methyl/N-ethyl adjacent to an activating group) is 1. The van der Waals surface area contributed by atoms with Crippen molar-refractivity contribution in [3.63, 3.8) is 0 Å². The number of nitrogens with one attached hydrogen (secondary N) is 1. The number of nitrogens with two attached hydrogens (primary N) is 1. The average molecular weight is 655 g/mol. The Hall–Kier alpha value is -4.56. The Morgan fingerprint density at radius 3 is 2.63 bits per heavy atom. The highest BCUT2D eigenvalue weighted by molar-refractivity contribution is 6.33. The predicted molar refractivity (Wildman–Crippen MR) is 169 cm³/mol. The smallest absolute Gasteiger partial charge is 0.263 e. The summed E-state index contributed by atoms with van der Waals surface area (Å²) in [5.74, 6) is -3.77. The normalized spacial score (nSPS) is 17.8. The number of piperazine rings is 1. The minimum absolute atomic E-state index is 0.0272. The second-order valence-corrected chi connectivity index (χ2v) is 13.2. The van der Waals surface area contributed by atoms with Crippen LogP contribution in [0.3, 0.4) is 0 Å². The third kappa shape index (κ3) is 5.55. The van der Waals surface area contributed by atoms with Crippen LogP contribution in [-0.2, 0) is 24.3 Å². The molecule has 12 nitrogen and oxygen atoms in total. The van der Waals surface area contributed by atoms with Gasteiger partial charge in [-0.25, -0.2) is 14.4 Å². The first kappa shape index (κ1) is 31.4. The van der Waals surface area contributed by atoms with Gasteiger partial charge in [0.25, 0.3) is 11.5 Å². The number of fused-ring (bicyclic) bond motifs is 2. The summed E-state index contributed by atoms with van der Waals surface area (Å²) in [6, 6.07) is 3.72. The summed E-state index contributed by atoms with van der Waals surface area (Å²) in [5.41, 5.74) is 4.68. The van der Waals surface area contributed by atoms with Crippen LogP contribution in [0.5, 0.6) is 5.75 Å². The zero-order chi connectivity index (χ0) is 33.2. The van der Waals surface area contributed by atoms with E-state index in [4.69, 9.17) is 22.3 Å². The summed E-state index contributed by atoms with van der Waals surface area (Å²) in [7, 11) is 2.00. The number of aromatic hydroxyl groups is 1. The van der Waals surface area contributed by atoms with Crippen LogP contribution in [0.4, 0.5) is 20.3 Å². The van der Waals surface area contributed by atoms with Crippen molar-refractivity contribution in [3.8, 4) is 16.9 Å². The first-order chi connectivity index (χ1) is 21.6. The fraction of sp³-hybridized carbons (Fsp3) is 0.387. The van der Waals surface area contributed by atoms with Gasteiger partial charge in [0.2, 0.25) is 11.9 Å². The Morgan fingerprint density at radius 2 is 1.93 bits per heavy atom. The van der Waals surface area contributed by atoms with Crippen molar-refractivity contribution in [2.45, 2.75) is 46.3 Å². The number of hydrogen-bond acceptors (Lipinski definition) is 8. The summed E-state index contributed by atoms with van der Waals surface area (Å²) in [6.45, 7) is 8.11.